The molecule has 5 nitrogen and oxygen atoms in total. The van der Waals surface area contributed by atoms with Crippen LogP contribution in [0.1, 0.15) is 18.9 Å². The summed E-state index contributed by atoms with van der Waals surface area (Å²) in [6.07, 6.45) is 2.27. The summed E-state index contributed by atoms with van der Waals surface area (Å²) in [5, 5.41) is 14.8. The molecule has 0 atom stereocenters. The number of amides is 1. The van der Waals surface area contributed by atoms with Crippen molar-refractivity contribution in [3.05, 3.63) is 46.8 Å². The van der Waals surface area contributed by atoms with Gasteiger partial charge in [0.25, 0.3) is 0 Å². The van der Waals surface area contributed by atoms with E-state index in [1.54, 1.807) is 23.5 Å². The highest BCUT2D eigenvalue weighted by atomic mass is 35.5. The molecule has 1 aliphatic rings. The summed E-state index contributed by atoms with van der Waals surface area (Å²) in [4.78, 5) is 13.3. The molecule has 2 heterocycles. The maximum atomic E-state index is 12.2. The Balaban J connectivity index is 1.46. The molecule has 1 N–H and O–H groups in total. The summed E-state index contributed by atoms with van der Waals surface area (Å²) in [6.45, 7) is 0. The van der Waals surface area contributed by atoms with Gasteiger partial charge in [0.2, 0.25) is 5.91 Å². The van der Waals surface area contributed by atoms with Gasteiger partial charge in [-0.25, -0.2) is 0 Å². The average Bonchev–Trinajstić information content (AvgIpc) is 3.13. The van der Waals surface area contributed by atoms with Crippen molar-refractivity contribution in [2.45, 2.75) is 24.0 Å². The van der Waals surface area contributed by atoms with Gasteiger partial charge in [-0.1, -0.05) is 41.6 Å². The first-order valence-corrected chi connectivity index (χ1v) is 10.1. The third kappa shape index (κ3) is 3.73. The second kappa shape index (κ2) is 7.19. The Morgan fingerprint density at radius 3 is 2.84 bits per heavy atom. The fourth-order valence-electron chi connectivity index (χ4n) is 2.49. The molecular weight excluding hydrogens is 376 g/mol. The van der Waals surface area contributed by atoms with Gasteiger partial charge in [0, 0.05) is 6.04 Å². The van der Waals surface area contributed by atoms with Crippen LogP contribution in [-0.4, -0.2) is 26.4 Å². The molecular formula is C17H15ClN4OS2. The van der Waals surface area contributed by atoms with Gasteiger partial charge < -0.3 is 5.32 Å². The molecule has 0 saturated heterocycles. The Labute approximate surface area is 158 Å². The van der Waals surface area contributed by atoms with E-state index >= 15 is 0 Å². The first-order chi connectivity index (χ1) is 12.2. The molecule has 4 rings (SSSR count). The van der Waals surface area contributed by atoms with E-state index in [4.69, 9.17) is 11.6 Å². The fraction of sp³-hybridized carbons (Fsp3) is 0.235. The van der Waals surface area contributed by atoms with Gasteiger partial charge in [0.15, 0.2) is 11.0 Å². The number of nitrogens with zero attached hydrogens (tertiary/aromatic N) is 3. The lowest BCUT2D eigenvalue weighted by Crippen LogP contribution is -2.14. The van der Waals surface area contributed by atoms with Crippen molar-refractivity contribution in [2.24, 2.45) is 0 Å². The maximum absolute atomic E-state index is 12.2. The second-order valence-electron chi connectivity index (χ2n) is 5.70. The van der Waals surface area contributed by atoms with Crippen LogP contribution in [0.15, 0.2) is 46.9 Å². The summed E-state index contributed by atoms with van der Waals surface area (Å²) in [6, 6.07) is 11.7. The summed E-state index contributed by atoms with van der Waals surface area (Å²) < 4.78 is 2.17. The van der Waals surface area contributed by atoms with Gasteiger partial charge in [-0.05, 0) is 36.4 Å². The van der Waals surface area contributed by atoms with Crippen LogP contribution < -0.4 is 5.32 Å². The lowest BCUT2D eigenvalue weighted by atomic mass is 10.3. The Hall–Kier alpha value is -1.83. The van der Waals surface area contributed by atoms with Gasteiger partial charge in [0.05, 0.1) is 21.3 Å². The lowest BCUT2D eigenvalue weighted by Gasteiger charge is -2.08. The Morgan fingerprint density at radius 1 is 1.28 bits per heavy atom. The number of halogens is 1. The van der Waals surface area contributed by atoms with E-state index < -0.39 is 0 Å². The van der Waals surface area contributed by atoms with Crippen LogP contribution in [-0.2, 0) is 4.79 Å². The monoisotopic (exact) mass is 390 g/mol. The van der Waals surface area contributed by atoms with Crippen molar-refractivity contribution in [1.82, 2.24) is 14.8 Å². The number of thioether (sulfide) groups is 1. The van der Waals surface area contributed by atoms with E-state index in [0.29, 0.717) is 16.8 Å². The van der Waals surface area contributed by atoms with Crippen molar-refractivity contribution < 1.29 is 4.79 Å². The van der Waals surface area contributed by atoms with Gasteiger partial charge in [0.1, 0.15) is 0 Å². The van der Waals surface area contributed by atoms with Crippen LogP contribution in [0, 0.1) is 0 Å². The van der Waals surface area contributed by atoms with Gasteiger partial charge in [-0.2, -0.15) is 0 Å². The van der Waals surface area contributed by atoms with Crippen LogP contribution >= 0.6 is 34.7 Å². The maximum Gasteiger partial charge on any atom is 0.234 e. The van der Waals surface area contributed by atoms with Crippen LogP contribution in [0.2, 0.25) is 5.02 Å². The van der Waals surface area contributed by atoms with E-state index in [1.807, 2.05) is 29.6 Å². The third-order valence-electron chi connectivity index (χ3n) is 3.80. The molecule has 8 heteroatoms. The van der Waals surface area contributed by atoms with E-state index in [-0.39, 0.29) is 11.7 Å². The predicted octanol–water partition coefficient (Wildman–Crippen LogP) is 4.73. The predicted molar refractivity (Wildman–Crippen MR) is 102 cm³/mol. The number of carbonyl (C=O) groups excluding carboxylic acids is 1. The smallest absolute Gasteiger partial charge is 0.234 e. The van der Waals surface area contributed by atoms with Crippen molar-refractivity contribution in [2.75, 3.05) is 11.1 Å². The molecule has 3 aromatic rings. The van der Waals surface area contributed by atoms with E-state index in [2.05, 4.69) is 20.1 Å². The molecule has 2 aromatic heterocycles. The van der Waals surface area contributed by atoms with Crippen LogP contribution in [0.4, 0.5) is 5.69 Å². The zero-order chi connectivity index (χ0) is 17.2. The quantitative estimate of drug-likeness (QED) is 0.618. The van der Waals surface area contributed by atoms with Crippen LogP contribution in [0.25, 0.3) is 10.7 Å². The zero-order valence-electron chi connectivity index (χ0n) is 13.2. The number of thiophene rings is 1. The normalized spacial score (nSPS) is 13.8. The largest absolute Gasteiger partial charge is 0.324 e. The fourth-order valence-corrected chi connectivity index (χ4v) is 4.18. The lowest BCUT2D eigenvalue weighted by molar-refractivity contribution is -0.113. The molecule has 0 spiro atoms. The standard InChI is InChI=1S/C17H15ClN4OS2/c18-12-4-1-2-5-13(12)19-15(23)10-25-17-21-20-16(14-6-3-9-24-14)22(17)11-7-8-11/h1-6,9,11H,7-8,10H2,(H,19,23). The van der Waals surface area contributed by atoms with Crippen molar-refractivity contribution in [3.8, 4) is 10.7 Å². The van der Waals surface area contributed by atoms with Gasteiger partial charge >= 0.3 is 0 Å². The number of carbonyl (C=O) groups is 1. The first kappa shape index (κ1) is 16.6. The zero-order valence-corrected chi connectivity index (χ0v) is 15.6. The molecule has 1 saturated carbocycles. The molecule has 25 heavy (non-hydrogen) atoms. The number of benzene rings is 1. The molecule has 1 fully saturated rings. The van der Waals surface area contributed by atoms with Gasteiger partial charge in [-0.3, -0.25) is 9.36 Å². The minimum absolute atomic E-state index is 0.110. The molecule has 0 radical (unpaired) electrons. The highest BCUT2D eigenvalue weighted by Crippen LogP contribution is 2.41. The molecule has 0 unspecified atom stereocenters. The Kier molecular flexibility index (Phi) is 4.78. The number of hydrogen-bond acceptors (Lipinski definition) is 5. The van der Waals surface area contributed by atoms with Crippen LogP contribution in [0.5, 0.6) is 0 Å². The van der Waals surface area contributed by atoms with E-state index in [0.717, 1.165) is 28.7 Å². The summed E-state index contributed by atoms with van der Waals surface area (Å²) in [5.41, 5.74) is 0.623. The highest BCUT2D eigenvalue weighted by molar-refractivity contribution is 7.99. The number of rotatable bonds is 6. The number of nitrogens with one attached hydrogen (secondary N) is 1. The van der Waals surface area contributed by atoms with E-state index in [9.17, 15) is 4.79 Å². The van der Waals surface area contributed by atoms with Crippen molar-refractivity contribution in [1.29, 1.82) is 0 Å². The van der Waals surface area contributed by atoms with Crippen molar-refractivity contribution >= 4 is 46.3 Å². The minimum Gasteiger partial charge on any atom is -0.324 e. The molecule has 0 bridgehead atoms. The molecule has 1 aliphatic carbocycles. The summed E-state index contributed by atoms with van der Waals surface area (Å²) in [7, 11) is 0. The second-order valence-corrected chi connectivity index (χ2v) is 8.00. The number of aromatic nitrogens is 3. The van der Waals surface area contributed by atoms with E-state index in [1.165, 1.54) is 11.8 Å². The molecule has 128 valence electrons. The minimum atomic E-state index is -0.110. The molecule has 1 amide bonds. The third-order valence-corrected chi connectivity index (χ3v) is 5.94. The van der Waals surface area contributed by atoms with Gasteiger partial charge in [-0.15, -0.1) is 21.5 Å². The number of anilines is 1. The summed E-state index contributed by atoms with van der Waals surface area (Å²) in [5.74, 6) is 1.05. The van der Waals surface area contributed by atoms with Crippen molar-refractivity contribution in [3.63, 3.8) is 0 Å². The highest BCUT2D eigenvalue weighted by Gasteiger charge is 2.30. The Bertz CT molecular complexity index is 890. The number of para-hydroxylation sites is 1. The van der Waals surface area contributed by atoms with Crippen LogP contribution in [0.3, 0.4) is 0 Å². The molecule has 1 aromatic carbocycles. The Morgan fingerprint density at radius 2 is 2.12 bits per heavy atom. The topological polar surface area (TPSA) is 59.8 Å². The SMILES string of the molecule is O=C(CSc1nnc(-c2cccs2)n1C1CC1)Nc1ccccc1Cl. The number of hydrogen-bond donors (Lipinski definition) is 1. The molecule has 0 aliphatic heterocycles. The average molecular weight is 391 g/mol. The first-order valence-electron chi connectivity index (χ1n) is 7.88. The summed E-state index contributed by atoms with van der Waals surface area (Å²) >= 11 is 9.13.